The van der Waals surface area contributed by atoms with Crippen molar-refractivity contribution in [2.24, 2.45) is 5.41 Å². The van der Waals surface area contributed by atoms with Gasteiger partial charge in [0, 0.05) is 32.1 Å². The average molecular weight is 352 g/mol. The second-order valence-corrected chi connectivity index (χ2v) is 8.44. The van der Waals surface area contributed by atoms with E-state index < -0.39 is 0 Å². The van der Waals surface area contributed by atoms with Crippen LogP contribution in [0.15, 0.2) is 36.4 Å². The lowest BCUT2D eigenvalue weighted by molar-refractivity contribution is 0.0768. The van der Waals surface area contributed by atoms with Crippen LogP contribution in [0.5, 0.6) is 0 Å². The fourth-order valence-corrected chi connectivity index (χ4v) is 4.46. The molecular weight excluding hydrogens is 324 g/mol. The summed E-state index contributed by atoms with van der Waals surface area (Å²) in [7, 11) is 1.91. The van der Waals surface area contributed by atoms with Crippen molar-refractivity contribution in [1.82, 2.24) is 20.0 Å². The molecule has 2 aromatic rings. The van der Waals surface area contributed by atoms with E-state index in [-0.39, 0.29) is 16.7 Å². The Labute approximate surface area is 155 Å². The first-order chi connectivity index (χ1) is 12.4. The van der Waals surface area contributed by atoms with E-state index in [0.717, 1.165) is 44.7 Å². The van der Waals surface area contributed by atoms with Gasteiger partial charge in [-0.25, -0.2) is 0 Å². The number of hydrogen-bond donors (Lipinski definition) is 1. The molecule has 5 nitrogen and oxygen atoms in total. The number of hydrogen-bond acceptors (Lipinski definition) is 3. The van der Waals surface area contributed by atoms with Crippen LogP contribution in [0, 0.1) is 5.41 Å². The maximum Gasteiger partial charge on any atom is 0.274 e. The van der Waals surface area contributed by atoms with Gasteiger partial charge in [-0.05, 0) is 36.4 Å². The van der Waals surface area contributed by atoms with E-state index in [1.807, 2.05) is 28.8 Å². The lowest BCUT2D eigenvalue weighted by Gasteiger charge is -2.27. The Kier molecular flexibility index (Phi) is 4.14. The number of nitrogens with one attached hydrogen (secondary N) is 1. The highest BCUT2D eigenvalue weighted by Crippen LogP contribution is 2.64. The number of fused-ring (bicyclic) bond motifs is 1. The third-order valence-corrected chi connectivity index (χ3v) is 6.21. The molecule has 138 valence electrons. The van der Waals surface area contributed by atoms with E-state index >= 15 is 0 Å². The number of likely N-dealkylation sites (N-methyl/N-ethyl adjacent to an activating group) is 1. The van der Waals surface area contributed by atoms with E-state index in [4.69, 9.17) is 0 Å². The molecule has 1 aromatic carbocycles. The average Bonchev–Trinajstić information content (AvgIpc) is 3.08. The molecule has 0 radical (unpaired) electrons. The summed E-state index contributed by atoms with van der Waals surface area (Å²) in [4.78, 5) is 14.9. The summed E-state index contributed by atoms with van der Waals surface area (Å²) in [5.41, 5.74) is 3.24. The monoisotopic (exact) mass is 352 g/mol. The Hall–Kier alpha value is -2.14. The van der Waals surface area contributed by atoms with E-state index in [2.05, 4.69) is 48.5 Å². The van der Waals surface area contributed by atoms with Crippen molar-refractivity contribution in [3.8, 4) is 0 Å². The van der Waals surface area contributed by atoms with Crippen LogP contribution in [0.3, 0.4) is 0 Å². The number of aryl methyl sites for hydroxylation is 1. The minimum absolute atomic E-state index is 0.0172. The zero-order chi connectivity index (χ0) is 18.4. The van der Waals surface area contributed by atoms with Crippen LogP contribution in [-0.4, -0.2) is 40.7 Å². The number of carbonyl (C=O) groups is 1. The normalized spacial score (nSPS) is 23.8. The highest BCUT2D eigenvalue weighted by molar-refractivity contribution is 5.92. The molecule has 2 aliphatic rings. The van der Waals surface area contributed by atoms with Gasteiger partial charge in [-0.15, -0.1) is 0 Å². The largest absolute Gasteiger partial charge is 0.339 e. The number of nitrogens with zero attached hydrogens (tertiary/aromatic N) is 3. The Balaban J connectivity index is 1.54. The Morgan fingerprint density at radius 1 is 1.31 bits per heavy atom. The summed E-state index contributed by atoms with van der Waals surface area (Å²) >= 11 is 0. The minimum Gasteiger partial charge on any atom is -0.339 e. The highest BCUT2D eigenvalue weighted by atomic mass is 16.2. The van der Waals surface area contributed by atoms with Crippen molar-refractivity contribution in [2.45, 2.75) is 45.2 Å². The second kappa shape index (κ2) is 6.23. The first kappa shape index (κ1) is 17.3. The predicted octanol–water partition coefficient (Wildman–Crippen LogP) is 2.82. The van der Waals surface area contributed by atoms with E-state index in [0.29, 0.717) is 5.69 Å². The molecule has 0 spiro atoms. The fraction of sp³-hybridized carbons (Fsp3) is 0.524. The van der Waals surface area contributed by atoms with Crippen molar-refractivity contribution in [3.05, 3.63) is 53.3 Å². The third kappa shape index (κ3) is 2.84. The predicted molar refractivity (Wildman–Crippen MR) is 102 cm³/mol. The molecule has 2 heterocycles. The van der Waals surface area contributed by atoms with Crippen LogP contribution >= 0.6 is 0 Å². The SMILES string of the molecule is CN(CC1(c2ccccc2)CC1(C)C)C(=O)c1cc2n(n1)CCCNC2. The van der Waals surface area contributed by atoms with Crippen molar-refractivity contribution >= 4 is 5.91 Å². The molecule has 1 amide bonds. The molecule has 1 aliphatic heterocycles. The van der Waals surface area contributed by atoms with Crippen LogP contribution < -0.4 is 5.32 Å². The van der Waals surface area contributed by atoms with Gasteiger partial charge in [0.2, 0.25) is 0 Å². The molecule has 5 heteroatoms. The topological polar surface area (TPSA) is 50.2 Å². The molecule has 1 saturated carbocycles. The van der Waals surface area contributed by atoms with Gasteiger partial charge in [-0.3, -0.25) is 9.48 Å². The van der Waals surface area contributed by atoms with Gasteiger partial charge in [-0.1, -0.05) is 44.2 Å². The molecule has 1 aliphatic carbocycles. The lowest BCUT2D eigenvalue weighted by atomic mass is 9.87. The molecule has 1 unspecified atom stereocenters. The van der Waals surface area contributed by atoms with Crippen molar-refractivity contribution in [1.29, 1.82) is 0 Å². The van der Waals surface area contributed by atoms with Crippen LogP contribution in [-0.2, 0) is 18.5 Å². The maximum absolute atomic E-state index is 13.0. The quantitative estimate of drug-likeness (QED) is 0.920. The third-order valence-electron chi connectivity index (χ3n) is 6.21. The van der Waals surface area contributed by atoms with Gasteiger partial charge < -0.3 is 10.2 Å². The number of aromatic nitrogens is 2. The van der Waals surface area contributed by atoms with Crippen LogP contribution in [0.4, 0.5) is 0 Å². The summed E-state index contributed by atoms with van der Waals surface area (Å²) in [5.74, 6) is 0.0172. The van der Waals surface area contributed by atoms with E-state index in [1.165, 1.54) is 5.56 Å². The lowest BCUT2D eigenvalue weighted by Crippen LogP contribution is -2.36. The van der Waals surface area contributed by atoms with Crippen LogP contribution in [0.25, 0.3) is 0 Å². The molecule has 1 aromatic heterocycles. The fourth-order valence-electron chi connectivity index (χ4n) is 4.46. The number of carbonyl (C=O) groups excluding carboxylic acids is 1. The molecule has 26 heavy (non-hydrogen) atoms. The smallest absolute Gasteiger partial charge is 0.274 e. The minimum atomic E-state index is 0.0172. The Bertz CT molecular complexity index is 787. The van der Waals surface area contributed by atoms with E-state index in [9.17, 15) is 4.79 Å². The van der Waals surface area contributed by atoms with Gasteiger partial charge in [0.15, 0.2) is 5.69 Å². The summed E-state index contributed by atoms with van der Waals surface area (Å²) in [6, 6.07) is 12.6. The Morgan fingerprint density at radius 3 is 2.73 bits per heavy atom. The molecule has 1 atom stereocenters. The van der Waals surface area contributed by atoms with Gasteiger partial charge >= 0.3 is 0 Å². The molecule has 1 N–H and O–H groups in total. The molecular formula is C21H28N4O. The van der Waals surface area contributed by atoms with Gasteiger partial charge in [0.25, 0.3) is 5.91 Å². The number of rotatable bonds is 4. The molecule has 4 rings (SSSR count). The first-order valence-corrected chi connectivity index (χ1v) is 9.51. The maximum atomic E-state index is 13.0. The van der Waals surface area contributed by atoms with Crippen molar-refractivity contribution in [2.75, 3.05) is 20.1 Å². The number of benzene rings is 1. The Morgan fingerprint density at radius 2 is 2.04 bits per heavy atom. The first-order valence-electron chi connectivity index (χ1n) is 9.51. The van der Waals surface area contributed by atoms with Gasteiger partial charge in [0.05, 0.1) is 5.69 Å². The van der Waals surface area contributed by atoms with Crippen LogP contribution in [0.2, 0.25) is 0 Å². The second-order valence-electron chi connectivity index (χ2n) is 8.44. The molecule has 0 saturated heterocycles. The van der Waals surface area contributed by atoms with Gasteiger partial charge in [0.1, 0.15) is 0 Å². The summed E-state index contributed by atoms with van der Waals surface area (Å²) in [6.07, 6.45) is 2.15. The highest BCUT2D eigenvalue weighted by Gasteiger charge is 2.62. The van der Waals surface area contributed by atoms with Crippen molar-refractivity contribution in [3.63, 3.8) is 0 Å². The zero-order valence-corrected chi connectivity index (χ0v) is 16.0. The van der Waals surface area contributed by atoms with Crippen molar-refractivity contribution < 1.29 is 4.79 Å². The summed E-state index contributed by atoms with van der Waals surface area (Å²) in [5, 5.41) is 7.96. The standard InChI is InChI=1S/C21H28N4O/c1-20(2)14-21(20,16-8-5-4-6-9-16)15-24(3)19(26)18-12-17-13-22-10-7-11-25(17)23-18/h4-6,8-9,12,22H,7,10-11,13-15H2,1-3H3. The van der Waals surface area contributed by atoms with Crippen LogP contribution in [0.1, 0.15) is 48.4 Å². The zero-order valence-electron chi connectivity index (χ0n) is 16.0. The van der Waals surface area contributed by atoms with E-state index in [1.54, 1.807) is 0 Å². The summed E-state index contributed by atoms with van der Waals surface area (Å²) in [6.45, 7) is 7.97. The van der Waals surface area contributed by atoms with Gasteiger partial charge in [-0.2, -0.15) is 5.10 Å². The molecule has 0 bridgehead atoms. The number of amides is 1. The molecule has 1 fully saturated rings. The summed E-state index contributed by atoms with van der Waals surface area (Å²) < 4.78 is 1.98.